The third-order valence-corrected chi connectivity index (χ3v) is 4.37. The van der Waals surface area contributed by atoms with Crippen molar-refractivity contribution in [1.29, 1.82) is 0 Å². The molecule has 2 atom stereocenters. The van der Waals surface area contributed by atoms with E-state index < -0.39 is 10.8 Å². The monoisotopic (exact) mass is 346 g/mol. The number of methoxy groups -OCH3 is 1. The molecule has 0 aromatic heterocycles. The molecule has 0 saturated carbocycles. The number of nitrogens with one attached hydrogen (secondary N) is 2. The van der Waals surface area contributed by atoms with E-state index in [1.807, 2.05) is 55.5 Å². The molecule has 0 unspecified atom stereocenters. The number of benzene rings is 2. The Labute approximate surface area is 144 Å². The Kier molecular flexibility index (Phi) is 6.37. The summed E-state index contributed by atoms with van der Waals surface area (Å²) in [6.07, 6.45) is 1.62. The largest absolute Gasteiger partial charge is 0.496 e. The molecule has 2 rings (SSSR count). The highest BCUT2D eigenvalue weighted by Gasteiger charge is 2.10. The summed E-state index contributed by atoms with van der Waals surface area (Å²) in [4.78, 5) is 12.0. The van der Waals surface area contributed by atoms with Crippen LogP contribution in [-0.2, 0) is 10.8 Å². The van der Waals surface area contributed by atoms with Gasteiger partial charge in [-0.15, -0.1) is 0 Å². The SMILES string of the molecule is COc1ccccc1-c1cccc(NC(=O)N[C@@H](C)C[S@](C)=O)c1. The highest BCUT2D eigenvalue weighted by Crippen LogP contribution is 2.30. The van der Waals surface area contributed by atoms with Crippen molar-refractivity contribution in [2.45, 2.75) is 13.0 Å². The van der Waals surface area contributed by atoms with Crippen molar-refractivity contribution in [1.82, 2.24) is 5.32 Å². The molecule has 0 spiro atoms. The van der Waals surface area contributed by atoms with E-state index in [9.17, 15) is 9.00 Å². The van der Waals surface area contributed by atoms with Crippen LogP contribution in [0.15, 0.2) is 48.5 Å². The summed E-state index contributed by atoms with van der Waals surface area (Å²) in [5.74, 6) is 1.20. The first kappa shape index (κ1) is 18.0. The van der Waals surface area contributed by atoms with Crippen LogP contribution in [0, 0.1) is 0 Å². The summed E-state index contributed by atoms with van der Waals surface area (Å²) in [6, 6.07) is 14.8. The Morgan fingerprint density at radius 3 is 2.67 bits per heavy atom. The standard InChI is InChI=1S/C18H22N2O3S/c1-13(12-24(3)22)19-18(21)20-15-8-6-7-14(11-15)16-9-4-5-10-17(16)23-2/h4-11,13H,12H2,1-3H3,(H2,19,20,21)/t13-,24-/m0/s1. The van der Waals surface area contributed by atoms with Gasteiger partial charge in [-0.25, -0.2) is 4.79 Å². The zero-order valence-corrected chi connectivity index (χ0v) is 14.9. The summed E-state index contributed by atoms with van der Waals surface area (Å²) in [5, 5.41) is 5.58. The summed E-state index contributed by atoms with van der Waals surface area (Å²) in [5.41, 5.74) is 2.59. The maximum atomic E-state index is 12.0. The summed E-state index contributed by atoms with van der Waals surface area (Å²) in [7, 11) is 0.685. The number of amides is 2. The Morgan fingerprint density at radius 1 is 1.21 bits per heavy atom. The van der Waals surface area contributed by atoms with E-state index in [0.717, 1.165) is 16.9 Å². The Balaban J connectivity index is 2.10. The van der Waals surface area contributed by atoms with Gasteiger partial charge in [-0.2, -0.15) is 0 Å². The molecule has 0 heterocycles. The zero-order valence-electron chi connectivity index (χ0n) is 14.0. The number of anilines is 1. The van der Waals surface area contributed by atoms with Crippen LogP contribution in [0.5, 0.6) is 5.75 Å². The molecule has 0 aliphatic rings. The van der Waals surface area contributed by atoms with Crippen molar-refractivity contribution in [2.75, 3.05) is 24.4 Å². The number of urea groups is 1. The fourth-order valence-electron chi connectivity index (χ4n) is 2.43. The fraction of sp³-hybridized carbons (Fsp3) is 0.278. The van der Waals surface area contributed by atoms with Crippen molar-refractivity contribution in [3.05, 3.63) is 48.5 Å². The number of hydrogen-bond donors (Lipinski definition) is 2. The van der Waals surface area contributed by atoms with Gasteiger partial charge < -0.3 is 15.4 Å². The first-order chi connectivity index (χ1) is 11.5. The average molecular weight is 346 g/mol. The fourth-order valence-corrected chi connectivity index (χ4v) is 3.22. The van der Waals surface area contributed by atoms with E-state index in [2.05, 4.69) is 10.6 Å². The molecule has 128 valence electrons. The highest BCUT2D eigenvalue weighted by atomic mass is 32.2. The maximum Gasteiger partial charge on any atom is 0.319 e. The molecule has 0 saturated heterocycles. The number of para-hydroxylation sites is 1. The quantitative estimate of drug-likeness (QED) is 0.844. The van der Waals surface area contributed by atoms with Crippen LogP contribution in [-0.4, -0.2) is 35.4 Å². The topological polar surface area (TPSA) is 67.4 Å². The molecule has 5 nitrogen and oxygen atoms in total. The van der Waals surface area contributed by atoms with E-state index in [4.69, 9.17) is 4.74 Å². The maximum absolute atomic E-state index is 12.0. The first-order valence-corrected chi connectivity index (χ1v) is 9.33. The molecule has 0 fully saturated rings. The van der Waals surface area contributed by atoms with Crippen molar-refractivity contribution in [3.8, 4) is 16.9 Å². The van der Waals surface area contributed by atoms with Crippen LogP contribution in [0.25, 0.3) is 11.1 Å². The van der Waals surface area contributed by atoms with Gasteiger partial charge in [-0.1, -0.05) is 30.3 Å². The minimum Gasteiger partial charge on any atom is -0.496 e. The van der Waals surface area contributed by atoms with Crippen LogP contribution < -0.4 is 15.4 Å². The van der Waals surface area contributed by atoms with E-state index in [1.54, 1.807) is 13.4 Å². The molecule has 24 heavy (non-hydrogen) atoms. The van der Waals surface area contributed by atoms with Crippen molar-refractivity contribution in [3.63, 3.8) is 0 Å². The van der Waals surface area contributed by atoms with Gasteiger partial charge in [0.1, 0.15) is 5.75 Å². The molecule has 0 aliphatic heterocycles. The molecule has 0 bridgehead atoms. The van der Waals surface area contributed by atoms with Gasteiger partial charge in [0.05, 0.1) is 7.11 Å². The van der Waals surface area contributed by atoms with Crippen molar-refractivity contribution >= 4 is 22.5 Å². The van der Waals surface area contributed by atoms with Gasteiger partial charge in [0.15, 0.2) is 0 Å². The molecule has 0 radical (unpaired) electrons. The second kappa shape index (κ2) is 8.49. The molecular formula is C18H22N2O3S. The predicted molar refractivity (Wildman–Crippen MR) is 99.0 cm³/mol. The lowest BCUT2D eigenvalue weighted by Gasteiger charge is -2.14. The van der Waals surface area contributed by atoms with Gasteiger partial charge in [0.25, 0.3) is 0 Å². The smallest absolute Gasteiger partial charge is 0.319 e. The van der Waals surface area contributed by atoms with Gasteiger partial charge in [0.2, 0.25) is 0 Å². The number of rotatable bonds is 6. The molecule has 2 aromatic carbocycles. The van der Waals surface area contributed by atoms with Crippen LogP contribution in [0.4, 0.5) is 10.5 Å². The molecule has 2 amide bonds. The number of carbonyl (C=O) groups excluding carboxylic acids is 1. The lowest BCUT2D eigenvalue weighted by atomic mass is 10.0. The van der Waals surface area contributed by atoms with Crippen molar-refractivity contribution < 1.29 is 13.7 Å². The minimum atomic E-state index is -0.947. The summed E-state index contributed by atoms with van der Waals surface area (Å²) < 4.78 is 16.6. The van der Waals surface area contributed by atoms with Gasteiger partial charge in [-0.3, -0.25) is 4.21 Å². The second-order valence-corrected chi connectivity index (χ2v) is 7.00. The predicted octanol–water partition coefficient (Wildman–Crippen LogP) is 3.25. The summed E-state index contributed by atoms with van der Waals surface area (Å²) >= 11 is 0. The highest BCUT2D eigenvalue weighted by molar-refractivity contribution is 7.84. The Bertz CT molecular complexity index is 734. The van der Waals surface area contributed by atoms with E-state index >= 15 is 0 Å². The van der Waals surface area contributed by atoms with Crippen LogP contribution >= 0.6 is 0 Å². The minimum absolute atomic E-state index is 0.159. The molecule has 0 aliphatic carbocycles. The summed E-state index contributed by atoms with van der Waals surface area (Å²) in [6.45, 7) is 1.83. The molecule has 6 heteroatoms. The van der Waals surface area contributed by atoms with Gasteiger partial charge in [-0.05, 0) is 30.7 Å². The number of ether oxygens (including phenoxy) is 1. The van der Waals surface area contributed by atoms with Crippen LogP contribution in [0.2, 0.25) is 0 Å². The molecular weight excluding hydrogens is 324 g/mol. The average Bonchev–Trinajstić information content (AvgIpc) is 2.54. The van der Waals surface area contributed by atoms with Crippen molar-refractivity contribution in [2.24, 2.45) is 0 Å². The normalized spacial score (nSPS) is 13.0. The van der Waals surface area contributed by atoms with Gasteiger partial charge in [0, 0.05) is 40.1 Å². The lowest BCUT2D eigenvalue weighted by molar-refractivity contribution is 0.250. The number of hydrogen-bond acceptors (Lipinski definition) is 3. The Morgan fingerprint density at radius 2 is 1.96 bits per heavy atom. The second-order valence-electron chi connectivity index (χ2n) is 5.52. The molecule has 2 N–H and O–H groups in total. The number of carbonyl (C=O) groups is 1. The van der Waals surface area contributed by atoms with E-state index in [-0.39, 0.29) is 12.1 Å². The molecule has 2 aromatic rings. The zero-order chi connectivity index (χ0) is 17.5. The van der Waals surface area contributed by atoms with Gasteiger partial charge >= 0.3 is 6.03 Å². The first-order valence-electron chi connectivity index (χ1n) is 7.60. The van der Waals surface area contributed by atoms with Crippen LogP contribution in [0.3, 0.4) is 0 Å². The third kappa shape index (κ3) is 5.09. The Hall–Kier alpha value is -2.34. The van der Waals surface area contributed by atoms with Crippen LogP contribution in [0.1, 0.15) is 6.92 Å². The van der Waals surface area contributed by atoms with E-state index in [0.29, 0.717) is 11.4 Å². The van der Waals surface area contributed by atoms with E-state index in [1.165, 1.54) is 0 Å². The lowest BCUT2D eigenvalue weighted by Crippen LogP contribution is -2.39. The third-order valence-electron chi connectivity index (χ3n) is 3.40.